The van der Waals surface area contributed by atoms with Crippen LogP contribution < -0.4 is 11.1 Å². The maximum Gasteiger partial charge on any atom is 0.408 e. The second-order valence-electron chi connectivity index (χ2n) is 7.10. The summed E-state index contributed by atoms with van der Waals surface area (Å²) in [6.45, 7) is 3.24. The summed E-state index contributed by atoms with van der Waals surface area (Å²) >= 11 is 0. The van der Waals surface area contributed by atoms with Gasteiger partial charge in [-0.2, -0.15) is 0 Å². The average molecular weight is 398 g/mol. The van der Waals surface area contributed by atoms with Crippen LogP contribution in [0.4, 0.5) is 4.79 Å². The lowest BCUT2D eigenvalue weighted by atomic mass is 10.1. The highest BCUT2D eigenvalue weighted by molar-refractivity contribution is 5.87. The van der Waals surface area contributed by atoms with Crippen molar-refractivity contribution in [2.24, 2.45) is 5.73 Å². The number of ether oxygens (including phenoxy) is 1. The van der Waals surface area contributed by atoms with Gasteiger partial charge in [0.15, 0.2) is 0 Å². The first-order valence-electron chi connectivity index (χ1n) is 9.66. The average Bonchev–Trinajstić information content (AvgIpc) is 3.20. The van der Waals surface area contributed by atoms with Gasteiger partial charge in [-0.05, 0) is 31.0 Å². The first-order valence-corrected chi connectivity index (χ1v) is 9.66. The van der Waals surface area contributed by atoms with E-state index in [1.54, 1.807) is 4.90 Å². The van der Waals surface area contributed by atoms with Gasteiger partial charge in [-0.25, -0.2) is 4.79 Å². The molecule has 1 aromatic carbocycles. The van der Waals surface area contributed by atoms with Crippen LogP contribution in [0, 0.1) is 0 Å². The molecule has 1 aromatic heterocycles. The van der Waals surface area contributed by atoms with Crippen molar-refractivity contribution in [3.05, 3.63) is 59.9 Å². The molecule has 0 spiro atoms. The van der Waals surface area contributed by atoms with Crippen LogP contribution in [0.5, 0.6) is 0 Å². The molecule has 2 heterocycles. The Morgan fingerprint density at radius 3 is 2.66 bits per heavy atom. The van der Waals surface area contributed by atoms with Crippen LogP contribution in [0.15, 0.2) is 48.7 Å². The molecule has 2 aromatic rings. The summed E-state index contributed by atoms with van der Waals surface area (Å²) in [6, 6.07) is 12.2. The lowest BCUT2D eigenvalue weighted by Gasteiger charge is -2.37. The number of benzene rings is 1. The third-order valence-electron chi connectivity index (χ3n) is 5.11. The van der Waals surface area contributed by atoms with Crippen molar-refractivity contribution in [2.75, 3.05) is 6.54 Å². The molecule has 0 saturated carbocycles. The number of carbonyl (C=O) groups is 3. The molecule has 3 N–H and O–H groups in total. The summed E-state index contributed by atoms with van der Waals surface area (Å²) in [5.41, 5.74) is 7.12. The lowest BCUT2D eigenvalue weighted by Crippen LogP contribution is -2.51. The molecule has 3 rings (SSSR count). The summed E-state index contributed by atoms with van der Waals surface area (Å²) in [4.78, 5) is 38.4. The molecule has 8 heteroatoms. The van der Waals surface area contributed by atoms with Crippen LogP contribution in [0.25, 0.3) is 0 Å². The van der Waals surface area contributed by atoms with Crippen molar-refractivity contribution < 1.29 is 19.1 Å². The van der Waals surface area contributed by atoms with E-state index in [1.807, 2.05) is 55.6 Å². The standard InChI is InChI=1S/C21H26N4O4/c1-15-18-8-5-11-24(18)12-13-25(15)20(27)17(9-10-19(22)26)23-21(28)29-14-16-6-3-2-4-7-16/h2-8,11,15,17H,9-10,12-14H2,1H3,(H2,22,26)(H,23,28)/t15?,17-/m0/s1. The van der Waals surface area contributed by atoms with Crippen LogP contribution in [0.3, 0.4) is 0 Å². The third-order valence-corrected chi connectivity index (χ3v) is 5.11. The number of nitrogens with two attached hydrogens (primary N) is 1. The van der Waals surface area contributed by atoms with Crippen LogP contribution >= 0.6 is 0 Å². The Morgan fingerprint density at radius 1 is 1.17 bits per heavy atom. The highest BCUT2D eigenvalue weighted by Gasteiger charge is 2.33. The zero-order valence-electron chi connectivity index (χ0n) is 16.4. The van der Waals surface area contributed by atoms with E-state index in [0.29, 0.717) is 13.1 Å². The summed E-state index contributed by atoms with van der Waals surface area (Å²) in [7, 11) is 0. The van der Waals surface area contributed by atoms with Crippen LogP contribution in [-0.2, 0) is 27.5 Å². The van der Waals surface area contributed by atoms with Gasteiger partial charge in [0.25, 0.3) is 0 Å². The number of amides is 3. The van der Waals surface area contributed by atoms with E-state index in [9.17, 15) is 14.4 Å². The van der Waals surface area contributed by atoms with E-state index in [1.165, 1.54) is 0 Å². The van der Waals surface area contributed by atoms with Gasteiger partial charge in [0.1, 0.15) is 12.6 Å². The molecule has 154 valence electrons. The second kappa shape index (κ2) is 9.27. The number of rotatable bonds is 7. The lowest BCUT2D eigenvalue weighted by molar-refractivity contribution is -0.137. The SMILES string of the molecule is CC1c2cccn2CCN1C(=O)[C@H](CCC(N)=O)NC(=O)OCc1ccccc1. The number of hydrogen-bond acceptors (Lipinski definition) is 4. The Morgan fingerprint density at radius 2 is 1.93 bits per heavy atom. The van der Waals surface area contributed by atoms with Crippen molar-refractivity contribution >= 4 is 17.9 Å². The maximum absolute atomic E-state index is 13.2. The Kier molecular flexibility index (Phi) is 6.54. The summed E-state index contributed by atoms with van der Waals surface area (Å²) in [5.74, 6) is -0.773. The molecule has 0 fully saturated rings. The molecule has 0 bridgehead atoms. The highest BCUT2D eigenvalue weighted by Crippen LogP contribution is 2.26. The minimum Gasteiger partial charge on any atom is -0.445 e. The van der Waals surface area contributed by atoms with Crippen molar-refractivity contribution in [2.45, 2.75) is 45.0 Å². The topological polar surface area (TPSA) is 107 Å². The molecule has 0 saturated heterocycles. The van der Waals surface area contributed by atoms with E-state index >= 15 is 0 Å². The Balaban J connectivity index is 1.65. The number of hydrogen-bond donors (Lipinski definition) is 2. The van der Waals surface area contributed by atoms with Gasteiger partial charge in [0, 0.05) is 31.4 Å². The normalized spacial score (nSPS) is 16.6. The van der Waals surface area contributed by atoms with Crippen molar-refractivity contribution in [1.82, 2.24) is 14.8 Å². The second-order valence-corrected chi connectivity index (χ2v) is 7.10. The van der Waals surface area contributed by atoms with Gasteiger partial charge in [-0.15, -0.1) is 0 Å². The summed E-state index contributed by atoms with van der Waals surface area (Å²) < 4.78 is 7.34. The largest absolute Gasteiger partial charge is 0.445 e. The monoisotopic (exact) mass is 398 g/mol. The Labute approximate surface area is 169 Å². The first-order chi connectivity index (χ1) is 14.0. The minimum absolute atomic E-state index is 0.00598. The molecule has 1 aliphatic rings. The highest BCUT2D eigenvalue weighted by atomic mass is 16.5. The maximum atomic E-state index is 13.2. The number of fused-ring (bicyclic) bond motifs is 1. The third kappa shape index (κ3) is 5.16. The molecular weight excluding hydrogens is 372 g/mol. The predicted molar refractivity (Wildman–Crippen MR) is 107 cm³/mol. The van der Waals surface area contributed by atoms with E-state index in [2.05, 4.69) is 9.88 Å². The van der Waals surface area contributed by atoms with Gasteiger partial charge < -0.3 is 25.3 Å². The number of nitrogens with zero attached hydrogens (tertiary/aromatic N) is 2. The fraction of sp³-hybridized carbons (Fsp3) is 0.381. The molecular formula is C21H26N4O4. The predicted octanol–water partition coefficient (Wildman–Crippen LogP) is 1.95. The number of nitrogens with one attached hydrogen (secondary N) is 1. The van der Waals surface area contributed by atoms with E-state index in [0.717, 1.165) is 11.3 Å². The molecule has 8 nitrogen and oxygen atoms in total. The smallest absolute Gasteiger partial charge is 0.408 e. The molecule has 0 radical (unpaired) electrons. The number of primary amides is 1. The number of alkyl carbamates (subject to hydrolysis) is 1. The van der Waals surface area contributed by atoms with Gasteiger partial charge in [0.05, 0.1) is 6.04 Å². The molecule has 1 aliphatic heterocycles. The van der Waals surface area contributed by atoms with Gasteiger partial charge in [0.2, 0.25) is 11.8 Å². The van der Waals surface area contributed by atoms with Gasteiger partial charge in [-0.1, -0.05) is 30.3 Å². The zero-order valence-corrected chi connectivity index (χ0v) is 16.4. The molecule has 2 atom stereocenters. The molecule has 29 heavy (non-hydrogen) atoms. The van der Waals surface area contributed by atoms with Crippen molar-refractivity contribution in [3.63, 3.8) is 0 Å². The van der Waals surface area contributed by atoms with Gasteiger partial charge >= 0.3 is 6.09 Å². The number of aromatic nitrogens is 1. The summed E-state index contributed by atoms with van der Waals surface area (Å²) in [6.07, 6.45) is 1.40. The van der Waals surface area contributed by atoms with Gasteiger partial charge in [-0.3, -0.25) is 9.59 Å². The van der Waals surface area contributed by atoms with Crippen molar-refractivity contribution in [1.29, 1.82) is 0 Å². The summed E-state index contributed by atoms with van der Waals surface area (Å²) in [5, 5.41) is 2.61. The van der Waals surface area contributed by atoms with E-state index < -0.39 is 18.0 Å². The fourth-order valence-corrected chi connectivity index (χ4v) is 3.53. The minimum atomic E-state index is -0.880. The molecule has 1 unspecified atom stereocenters. The Hall–Kier alpha value is -3.29. The number of carbonyl (C=O) groups excluding carboxylic acids is 3. The van der Waals surface area contributed by atoms with E-state index in [-0.39, 0.29) is 31.4 Å². The van der Waals surface area contributed by atoms with Crippen LogP contribution in [0.2, 0.25) is 0 Å². The zero-order chi connectivity index (χ0) is 20.8. The molecule has 3 amide bonds. The Bertz CT molecular complexity index is 865. The van der Waals surface area contributed by atoms with E-state index in [4.69, 9.17) is 10.5 Å². The quantitative estimate of drug-likeness (QED) is 0.743. The first kappa shape index (κ1) is 20.4. The van der Waals surface area contributed by atoms with Crippen LogP contribution in [-0.4, -0.2) is 40.0 Å². The molecule has 0 aliphatic carbocycles. The fourth-order valence-electron chi connectivity index (χ4n) is 3.53. The van der Waals surface area contributed by atoms with Crippen molar-refractivity contribution in [3.8, 4) is 0 Å². The van der Waals surface area contributed by atoms with Crippen LogP contribution in [0.1, 0.15) is 37.1 Å².